The van der Waals surface area contributed by atoms with E-state index in [-0.39, 0.29) is 6.04 Å². The molecule has 0 rings (SSSR count). The predicted molar refractivity (Wildman–Crippen MR) is 55.2 cm³/mol. The van der Waals surface area contributed by atoms with Crippen molar-refractivity contribution in [3.63, 3.8) is 0 Å². The highest BCUT2D eigenvalue weighted by molar-refractivity contribution is 5.70. The summed E-state index contributed by atoms with van der Waals surface area (Å²) in [6, 6.07) is -0.134. The molecular weight excluding hydrogens is 182 g/mol. The van der Waals surface area contributed by atoms with Crippen LogP contribution in [0.25, 0.3) is 0 Å². The average Bonchev–Trinajstić information content (AvgIpc) is 2.13. The summed E-state index contributed by atoms with van der Waals surface area (Å²) >= 11 is 0. The standard InChI is InChI=1S/C10H21NO3/c1-5-10(4,14)6-11-8(3)7(2)9(12)13/h7-8,11,14H,5-6H2,1-4H3,(H,12,13). The van der Waals surface area contributed by atoms with Crippen LogP contribution in [0.4, 0.5) is 0 Å². The first-order valence-electron chi connectivity index (χ1n) is 4.98. The van der Waals surface area contributed by atoms with Crippen molar-refractivity contribution in [2.75, 3.05) is 6.54 Å². The molecule has 0 aliphatic rings. The molecule has 4 heteroatoms. The minimum atomic E-state index is -0.818. The van der Waals surface area contributed by atoms with Gasteiger partial charge in [0, 0.05) is 12.6 Å². The quantitative estimate of drug-likeness (QED) is 0.598. The van der Waals surface area contributed by atoms with Gasteiger partial charge in [-0.1, -0.05) is 13.8 Å². The van der Waals surface area contributed by atoms with Gasteiger partial charge in [-0.15, -0.1) is 0 Å². The monoisotopic (exact) mass is 203 g/mol. The summed E-state index contributed by atoms with van der Waals surface area (Å²) in [5, 5.41) is 21.4. The van der Waals surface area contributed by atoms with E-state index in [0.717, 1.165) is 0 Å². The number of hydrogen-bond donors (Lipinski definition) is 3. The number of aliphatic hydroxyl groups is 1. The number of carboxylic acid groups (broad SMARTS) is 1. The fraction of sp³-hybridized carbons (Fsp3) is 0.900. The molecule has 0 amide bonds. The third kappa shape index (κ3) is 4.58. The Balaban J connectivity index is 3.96. The summed E-state index contributed by atoms with van der Waals surface area (Å²) in [6.45, 7) is 7.51. The summed E-state index contributed by atoms with van der Waals surface area (Å²) < 4.78 is 0. The van der Waals surface area contributed by atoms with E-state index in [1.807, 2.05) is 13.8 Å². The van der Waals surface area contributed by atoms with Crippen LogP contribution < -0.4 is 5.32 Å². The zero-order valence-corrected chi connectivity index (χ0v) is 9.37. The summed E-state index contributed by atoms with van der Waals surface area (Å²) in [5.41, 5.74) is -0.757. The van der Waals surface area contributed by atoms with Crippen molar-refractivity contribution in [2.45, 2.75) is 45.8 Å². The Morgan fingerprint density at radius 1 is 1.50 bits per heavy atom. The molecule has 0 saturated carbocycles. The predicted octanol–water partition coefficient (Wildman–Crippen LogP) is 0.846. The number of nitrogens with one attached hydrogen (secondary N) is 1. The Labute approximate surface area is 85.3 Å². The Hall–Kier alpha value is -0.610. The first-order chi connectivity index (χ1) is 6.30. The second-order valence-electron chi connectivity index (χ2n) is 4.15. The summed E-state index contributed by atoms with van der Waals surface area (Å²) in [4.78, 5) is 10.6. The van der Waals surface area contributed by atoms with E-state index in [1.54, 1.807) is 13.8 Å². The van der Waals surface area contributed by atoms with Gasteiger partial charge in [-0.05, 0) is 20.3 Å². The fourth-order valence-electron chi connectivity index (χ4n) is 0.897. The smallest absolute Gasteiger partial charge is 0.307 e. The molecule has 0 aliphatic heterocycles. The molecular formula is C10H21NO3. The van der Waals surface area contributed by atoms with Gasteiger partial charge in [0.2, 0.25) is 0 Å². The lowest BCUT2D eigenvalue weighted by molar-refractivity contribution is -0.142. The van der Waals surface area contributed by atoms with E-state index in [1.165, 1.54) is 0 Å². The SMILES string of the molecule is CCC(C)(O)CNC(C)C(C)C(=O)O. The van der Waals surface area contributed by atoms with E-state index in [9.17, 15) is 9.90 Å². The maximum Gasteiger partial charge on any atom is 0.307 e. The first kappa shape index (κ1) is 13.4. The molecule has 0 spiro atoms. The molecule has 0 aromatic carbocycles. The summed E-state index contributed by atoms with van der Waals surface area (Å²) in [7, 11) is 0. The van der Waals surface area contributed by atoms with Gasteiger partial charge in [-0.3, -0.25) is 4.79 Å². The third-order valence-corrected chi connectivity index (χ3v) is 2.71. The van der Waals surface area contributed by atoms with Crippen molar-refractivity contribution in [3.05, 3.63) is 0 Å². The molecule has 84 valence electrons. The zero-order valence-electron chi connectivity index (χ0n) is 9.37. The van der Waals surface area contributed by atoms with Crippen LogP contribution in [-0.4, -0.2) is 34.4 Å². The highest BCUT2D eigenvalue weighted by Crippen LogP contribution is 2.08. The van der Waals surface area contributed by atoms with E-state index in [4.69, 9.17) is 5.11 Å². The topological polar surface area (TPSA) is 69.6 Å². The Morgan fingerprint density at radius 3 is 2.36 bits per heavy atom. The van der Waals surface area contributed by atoms with Crippen molar-refractivity contribution in [1.29, 1.82) is 0 Å². The van der Waals surface area contributed by atoms with Crippen LogP contribution in [0.15, 0.2) is 0 Å². The average molecular weight is 203 g/mol. The van der Waals surface area contributed by atoms with Gasteiger partial charge in [0.05, 0.1) is 11.5 Å². The molecule has 0 aromatic rings. The Bertz CT molecular complexity index is 192. The van der Waals surface area contributed by atoms with Gasteiger partial charge in [-0.2, -0.15) is 0 Å². The van der Waals surface area contributed by atoms with Gasteiger partial charge >= 0.3 is 5.97 Å². The molecule has 0 saturated heterocycles. The van der Waals surface area contributed by atoms with Crippen molar-refractivity contribution in [2.24, 2.45) is 5.92 Å². The molecule has 0 fully saturated rings. The molecule has 3 atom stereocenters. The normalized spacial score (nSPS) is 19.8. The molecule has 3 N–H and O–H groups in total. The minimum Gasteiger partial charge on any atom is -0.481 e. The molecule has 0 radical (unpaired) electrons. The second kappa shape index (κ2) is 5.32. The van der Waals surface area contributed by atoms with E-state index >= 15 is 0 Å². The maximum atomic E-state index is 10.6. The highest BCUT2D eigenvalue weighted by Gasteiger charge is 2.23. The lowest BCUT2D eigenvalue weighted by Crippen LogP contribution is -2.44. The van der Waals surface area contributed by atoms with Gasteiger partial charge in [-0.25, -0.2) is 0 Å². The third-order valence-electron chi connectivity index (χ3n) is 2.71. The zero-order chi connectivity index (χ0) is 11.4. The second-order valence-corrected chi connectivity index (χ2v) is 4.15. The van der Waals surface area contributed by atoms with E-state index in [0.29, 0.717) is 13.0 Å². The van der Waals surface area contributed by atoms with Crippen LogP contribution in [-0.2, 0) is 4.79 Å². The van der Waals surface area contributed by atoms with Crippen LogP contribution >= 0.6 is 0 Å². The first-order valence-corrected chi connectivity index (χ1v) is 4.98. The van der Waals surface area contributed by atoms with Gasteiger partial charge < -0.3 is 15.5 Å². The van der Waals surface area contributed by atoms with Crippen LogP contribution in [0.2, 0.25) is 0 Å². The number of carboxylic acids is 1. The Morgan fingerprint density at radius 2 is 2.00 bits per heavy atom. The fourth-order valence-corrected chi connectivity index (χ4v) is 0.897. The molecule has 14 heavy (non-hydrogen) atoms. The molecule has 0 bridgehead atoms. The lowest BCUT2D eigenvalue weighted by atomic mass is 10.0. The summed E-state index contributed by atoms with van der Waals surface area (Å²) in [5.74, 6) is -1.26. The molecule has 0 aliphatic carbocycles. The largest absolute Gasteiger partial charge is 0.481 e. The molecule has 0 heterocycles. The van der Waals surface area contributed by atoms with Crippen molar-refractivity contribution in [1.82, 2.24) is 5.32 Å². The van der Waals surface area contributed by atoms with E-state index < -0.39 is 17.5 Å². The highest BCUT2D eigenvalue weighted by atomic mass is 16.4. The van der Waals surface area contributed by atoms with Crippen LogP contribution in [0.5, 0.6) is 0 Å². The Kier molecular flexibility index (Phi) is 5.08. The minimum absolute atomic E-state index is 0.134. The van der Waals surface area contributed by atoms with Crippen LogP contribution in [0.1, 0.15) is 34.1 Å². The summed E-state index contributed by atoms with van der Waals surface area (Å²) in [6.07, 6.45) is 0.647. The molecule has 4 nitrogen and oxygen atoms in total. The van der Waals surface area contributed by atoms with Crippen LogP contribution in [0, 0.1) is 5.92 Å². The van der Waals surface area contributed by atoms with Crippen molar-refractivity contribution < 1.29 is 15.0 Å². The number of hydrogen-bond acceptors (Lipinski definition) is 3. The van der Waals surface area contributed by atoms with Gasteiger partial charge in [0.15, 0.2) is 0 Å². The molecule has 3 unspecified atom stereocenters. The maximum absolute atomic E-state index is 10.6. The number of carbonyl (C=O) groups is 1. The van der Waals surface area contributed by atoms with Crippen molar-refractivity contribution >= 4 is 5.97 Å². The van der Waals surface area contributed by atoms with Gasteiger partial charge in [0.1, 0.15) is 0 Å². The number of rotatable bonds is 6. The van der Waals surface area contributed by atoms with E-state index in [2.05, 4.69) is 5.32 Å². The molecule has 0 aromatic heterocycles. The lowest BCUT2D eigenvalue weighted by Gasteiger charge is -2.26. The number of aliphatic carboxylic acids is 1. The van der Waals surface area contributed by atoms with Crippen molar-refractivity contribution in [3.8, 4) is 0 Å². The van der Waals surface area contributed by atoms with Gasteiger partial charge in [0.25, 0.3) is 0 Å². The van der Waals surface area contributed by atoms with Crippen LogP contribution in [0.3, 0.4) is 0 Å².